The quantitative estimate of drug-likeness (QED) is 0.263. The molecule has 0 saturated heterocycles. The smallest absolute Gasteiger partial charge is 0.148 e. The average molecular weight is 525 g/mol. The first kappa shape index (κ1) is 21.0. The fourth-order valence-electron chi connectivity index (χ4n) is 3.62. The van der Waals surface area contributed by atoms with Crippen LogP contribution < -0.4 is 10.1 Å². The average Bonchev–Trinajstić information content (AvgIpc) is 2.77. The van der Waals surface area contributed by atoms with Crippen molar-refractivity contribution >= 4 is 48.3 Å². The van der Waals surface area contributed by atoms with Crippen LogP contribution in [0.3, 0.4) is 0 Å². The van der Waals surface area contributed by atoms with Crippen molar-refractivity contribution in [3.8, 4) is 5.75 Å². The molecule has 0 aliphatic carbocycles. The fraction of sp³-hybridized carbons (Fsp3) is 0.154. The maximum Gasteiger partial charge on any atom is 0.148 e. The lowest BCUT2D eigenvalue weighted by Crippen LogP contribution is -2.03. The van der Waals surface area contributed by atoms with Crippen molar-refractivity contribution in [3.63, 3.8) is 0 Å². The molecule has 0 spiro atoms. The van der Waals surface area contributed by atoms with E-state index in [2.05, 4.69) is 123 Å². The Morgan fingerprint density at radius 2 is 1.47 bits per heavy atom. The molecule has 30 heavy (non-hydrogen) atoms. The van der Waals surface area contributed by atoms with Crippen LogP contribution in [0.15, 0.2) is 87.8 Å². The molecule has 0 fully saturated rings. The summed E-state index contributed by atoms with van der Waals surface area (Å²) in [4.78, 5) is 0. The van der Waals surface area contributed by atoms with Crippen LogP contribution >= 0.6 is 31.9 Å². The van der Waals surface area contributed by atoms with E-state index in [1.54, 1.807) is 0 Å². The molecule has 0 heterocycles. The topological polar surface area (TPSA) is 21.3 Å². The van der Waals surface area contributed by atoms with Crippen LogP contribution in [0.1, 0.15) is 23.6 Å². The van der Waals surface area contributed by atoms with Gasteiger partial charge >= 0.3 is 0 Å². The monoisotopic (exact) mass is 523 g/mol. The number of nitrogens with one attached hydrogen (secondary N) is 1. The highest BCUT2D eigenvalue weighted by molar-refractivity contribution is 9.11. The van der Waals surface area contributed by atoms with Gasteiger partial charge in [0.25, 0.3) is 0 Å². The lowest BCUT2D eigenvalue weighted by Gasteiger charge is -2.15. The largest absolute Gasteiger partial charge is 0.487 e. The molecule has 0 aromatic heterocycles. The summed E-state index contributed by atoms with van der Waals surface area (Å²) in [5.41, 5.74) is 4.86. The molecule has 0 aliphatic heterocycles. The van der Waals surface area contributed by atoms with Crippen molar-refractivity contribution in [2.24, 2.45) is 0 Å². The Hall–Kier alpha value is -2.30. The van der Waals surface area contributed by atoms with Gasteiger partial charge in [0, 0.05) is 12.2 Å². The van der Waals surface area contributed by atoms with Gasteiger partial charge in [-0.15, -0.1) is 0 Å². The summed E-state index contributed by atoms with van der Waals surface area (Å²) in [6, 6.07) is 27.4. The molecule has 4 aromatic carbocycles. The van der Waals surface area contributed by atoms with Crippen LogP contribution in [-0.4, -0.2) is 0 Å². The van der Waals surface area contributed by atoms with Gasteiger partial charge in [0.05, 0.1) is 8.95 Å². The van der Waals surface area contributed by atoms with Gasteiger partial charge in [0.2, 0.25) is 0 Å². The molecule has 0 saturated carbocycles. The molecule has 0 atom stereocenters. The van der Waals surface area contributed by atoms with E-state index in [-0.39, 0.29) is 0 Å². The zero-order chi connectivity index (χ0) is 20.9. The number of anilines is 1. The van der Waals surface area contributed by atoms with Crippen molar-refractivity contribution in [2.45, 2.75) is 26.5 Å². The van der Waals surface area contributed by atoms with Crippen LogP contribution in [0, 0.1) is 0 Å². The molecule has 152 valence electrons. The Balaban J connectivity index is 1.49. The Kier molecular flexibility index (Phi) is 6.76. The van der Waals surface area contributed by atoms with Gasteiger partial charge in [-0.1, -0.05) is 67.6 Å². The van der Waals surface area contributed by atoms with Gasteiger partial charge in [-0.05, 0) is 83.9 Å². The third kappa shape index (κ3) is 4.71. The van der Waals surface area contributed by atoms with Crippen LogP contribution in [-0.2, 0) is 19.6 Å². The number of halogens is 2. The number of ether oxygens (including phenoxy) is 1. The zero-order valence-corrected chi connectivity index (χ0v) is 20.0. The van der Waals surface area contributed by atoms with E-state index in [4.69, 9.17) is 4.74 Å². The Bertz CT molecular complexity index is 1140. The SMILES string of the molecule is CCc1ccccc1NCc1cc(Br)c(OCc2cccc3ccccc23)c(Br)c1. The van der Waals surface area contributed by atoms with Crippen LogP contribution in [0.2, 0.25) is 0 Å². The standard InChI is InChI=1S/C26H23Br2NO/c1-2-19-8-4-6-13-25(19)29-16-18-14-23(27)26(24(28)15-18)30-17-21-11-7-10-20-9-3-5-12-22(20)21/h3-15,29H,2,16-17H2,1H3. The fourth-order valence-corrected chi connectivity index (χ4v) is 5.13. The highest BCUT2D eigenvalue weighted by Gasteiger charge is 2.11. The maximum absolute atomic E-state index is 6.20. The number of hydrogen-bond donors (Lipinski definition) is 1. The normalized spacial score (nSPS) is 10.9. The number of fused-ring (bicyclic) bond motifs is 1. The van der Waals surface area contributed by atoms with Gasteiger partial charge in [-0.25, -0.2) is 0 Å². The second-order valence-electron chi connectivity index (χ2n) is 7.18. The van der Waals surface area contributed by atoms with E-state index in [9.17, 15) is 0 Å². The first-order valence-electron chi connectivity index (χ1n) is 10.0. The second kappa shape index (κ2) is 9.67. The van der Waals surface area contributed by atoms with Crippen molar-refractivity contribution in [1.82, 2.24) is 0 Å². The molecule has 4 aromatic rings. The van der Waals surface area contributed by atoms with E-state index in [1.807, 2.05) is 0 Å². The third-order valence-electron chi connectivity index (χ3n) is 5.19. The molecule has 0 bridgehead atoms. The summed E-state index contributed by atoms with van der Waals surface area (Å²) < 4.78 is 8.09. The van der Waals surface area contributed by atoms with Crippen LogP contribution in [0.5, 0.6) is 5.75 Å². The summed E-state index contributed by atoms with van der Waals surface area (Å²) >= 11 is 7.39. The lowest BCUT2D eigenvalue weighted by atomic mass is 10.1. The number of aryl methyl sites for hydroxylation is 1. The minimum Gasteiger partial charge on any atom is -0.487 e. The Labute approximate surface area is 194 Å². The lowest BCUT2D eigenvalue weighted by molar-refractivity contribution is 0.303. The van der Waals surface area contributed by atoms with Gasteiger partial charge < -0.3 is 10.1 Å². The van der Waals surface area contributed by atoms with E-state index >= 15 is 0 Å². The van der Waals surface area contributed by atoms with E-state index < -0.39 is 0 Å². The molecule has 0 radical (unpaired) electrons. The molecule has 0 aliphatic rings. The highest BCUT2D eigenvalue weighted by atomic mass is 79.9. The molecule has 4 rings (SSSR count). The maximum atomic E-state index is 6.20. The van der Waals surface area contributed by atoms with E-state index in [1.165, 1.54) is 33.2 Å². The number of hydrogen-bond acceptors (Lipinski definition) is 2. The number of rotatable bonds is 7. The van der Waals surface area contributed by atoms with Crippen molar-refractivity contribution in [3.05, 3.63) is 104 Å². The summed E-state index contributed by atoms with van der Waals surface area (Å²) in [6.07, 6.45) is 1.01. The predicted molar refractivity (Wildman–Crippen MR) is 133 cm³/mol. The van der Waals surface area contributed by atoms with Gasteiger partial charge in [-0.3, -0.25) is 0 Å². The zero-order valence-electron chi connectivity index (χ0n) is 16.8. The molecule has 2 nitrogen and oxygen atoms in total. The van der Waals surface area contributed by atoms with Crippen molar-refractivity contribution in [2.75, 3.05) is 5.32 Å². The summed E-state index contributed by atoms with van der Waals surface area (Å²) in [5, 5.41) is 6.00. The summed E-state index contributed by atoms with van der Waals surface area (Å²) in [6.45, 7) is 3.44. The van der Waals surface area contributed by atoms with Gasteiger partial charge in [0.15, 0.2) is 0 Å². The first-order chi connectivity index (χ1) is 14.7. The van der Waals surface area contributed by atoms with Crippen LogP contribution in [0.25, 0.3) is 10.8 Å². The highest BCUT2D eigenvalue weighted by Crippen LogP contribution is 2.36. The number of para-hydroxylation sites is 1. The summed E-state index contributed by atoms with van der Waals surface area (Å²) in [7, 11) is 0. The Morgan fingerprint density at radius 1 is 0.800 bits per heavy atom. The minimum absolute atomic E-state index is 0.514. The molecule has 0 unspecified atom stereocenters. The molecule has 1 N–H and O–H groups in total. The summed E-state index contributed by atoms with van der Waals surface area (Å²) in [5.74, 6) is 0.820. The Morgan fingerprint density at radius 3 is 2.27 bits per heavy atom. The molecular formula is C26H23Br2NO. The van der Waals surface area contributed by atoms with E-state index in [0.29, 0.717) is 6.61 Å². The van der Waals surface area contributed by atoms with Crippen molar-refractivity contribution < 1.29 is 4.74 Å². The van der Waals surface area contributed by atoms with Crippen molar-refractivity contribution in [1.29, 1.82) is 0 Å². The molecule has 4 heteroatoms. The molecule has 0 amide bonds. The van der Waals surface area contributed by atoms with Crippen LogP contribution in [0.4, 0.5) is 5.69 Å². The minimum atomic E-state index is 0.514. The third-order valence-corrected chi connectivity index (χ3v) is 6.37. The first-order valence-corrected chi connectivity index (χ1v) is 11.6. The van der Waals surface area contributed by atoms with E-state index in [0.717, 1.165) is 27.7 Å². The number of benzene rings is 4. The van der Waals surface area contributed by atoms with Gasteiger partial charge in [-0.2, -0.15) is 0 Å². The predicted octanol–water partition coefficient (Wildman–Crippen LogP) is 8.12. The molecular weight excluding hydrogens is 502 g/mol. The second-order valence-corrected chi connectivity index (χ2v) is 8.89. The van der Waals surface area contributed by atoms with Gasteiger partial charge in [0.1, 0.15) is 12.4 Å².